The Morgan fingerprint density at radius 2 is 2.25 bits per heavy atom. The van der Waals surface area contributed by atoms with Gasteiger partial charge in [-0.25, -0.2) is 0 Å². The van der Waals surface area contributed by atoms with Crippen LogP contribution in [0.4, 0.5) is 0 Å². The molecule has 0 aromatic heterocycles. The Kier molecular flexibility index (Phi) is 4.96. The van der Waals surface area contributed by atoms with Crippen LogP contribution in [0.2, 0.25) is 0 Å². The van der Waals surface area contributed by atoms with E-state index in [-0.39, 0.29) is 6.10 Å². The SMILES string of the molecule is O[C@H]1CCCN(CCCCCl)C1. The van der Waals surface area contributed by atoms with E-state index in [0.717, 1.165) is 51.2 Å². The fourth-order valence-corrected chi connectivity index (χ4v) is 1.85. The minimum Gasteiger partial charge on any atom is -0.392 e. The molecule has 3 heteroatoms. The summed E-state index contributed by atoms with van der Waals surface area (Å²) < 4.78 is 0. The molecule has 1 saturated heterocycles. The molecule has 1 rings (SSSR count). The lowest BCUT2D eigenvalue weighted by atomic mass is 10.1. The predicted molar refractivity (Wildman–Crippen MR) is 51.6 cm³/mol. The van der Waals surface area contributed by atoms with Crippen LogP contribution in [0.3, 0.4) is 0 Å². The van der Waals surface area contributed by atoms with Crippen LogP contribution in [0.25, 0.3) is 0 Å². The number of alkyl halides is 1. The van der Waals surface area contributed by atoms with Gasteiger partial charge in [0.05, 0.1) is 6.10 Å². The third-order valence-electron chi connectivity index (χ3n) is 2.34. The fraction of sp³-hybridized carbons (Fsp3) is 1.00. The molecule has 0 unspecified atom stereocenters. The summed E-state index contributed by atoms with van der Waals surface area (Å²) in [6.45, 7) is 3.12. The van der Waals surface area contributed by atoms with Gasteiger partial charge >= 0.3 is 0 Å². The Morgan fingerprint density at radius 3 is 2.92 bits per heavy atom. The Balaban J connectivity index is 2.06. The highest BCUT2D eigenvalue weighted by Gasteiger charge is 2.16. The number of halogens is 1. The van der Waals surface area contributed by atoms with Crippen LogP contribution in [-0.4, -0.2) is 41.6 Å². The van der Waals surface area contributed by atoms with Crippen LogP contribution < -0.4 is 0 Å². The largest absolute Gasteiger partial charge is 0.392 e. The number of aliphatic hydroxyl groups excluding tert-OH is 1. The third kappa shape index (κ3) is 3.74. The number of nitrogens with zero attached hydrogens (tertiary/aromatic N) is 1. The third-order valence-corrected chi connectivity index (χ3v) is 2.61. The summed E-state index contributed by atoms with van der Waals surface area (Å²) in [6.07, 6.45) is 4.29. The lowest BCUT2D eigenvalue weighted by Gasteiger charge is -2.29. The van der Waals surface area contributed by atoms with Gasteiger partial charge in [0.1, 0.15) is 0 Å². The smallest absolute Gasteiger partial charge is 0.0667 e. The van der Waals surface area contributed by atoms with E-state index in [1.807, 2.05) is 0 Å². The van der Waals surface area contributed by atoms with Gasteiger partial charge in [-0.2, -0.15) is 0 Å². The highest BCUT2D eigenvalue weighted by atomic mass is 35.5. The van der Waals surface area contributed by atoms with E-state index in [0.29, 0.717) is 0 Å². The monoisotopic (exact) mass is 191 g/mol. The van der Waals surface area contributed by atoms with E-state index in [2.05, 4.69) is 4.90 Å². The molecule has 0 saturated carbocycles. The lowest BCUT2D eigenvalue weighted by Crippen LogP contribution is -2.38. The van der Waals surface area contributed by atoms with E-state index >= 15 is 0 Å². The van der Waals surface area contributed by atoms with Crippen LogP contribution in [-0.2, 0) is 0 Å². The summed E-state index contributed by atoms with van der Waals surface area (Å²) in [6, 6.07) is 0. The first-order chi connectivity index (χ1) is 5.83. The molecule has 1 atom stereocenters. The maximum Gasteiger partial charge on any atom is 0.0667 e. The first-order valence-electron chi connectivity index (χ1n) is 4.79. The second kappa shape index (κ2) is 5.79. The van der Waals surface area contributed by atoms with Crippen molar-refractivity contribution in [2.75, 3.05) is 25.5 Å². The van der Waals surface area contributed by atoms with E-state index in [9.17, 15) is 5.11 Å². The number of hydrogen-bond acceptors (Lipinski definition) is 2. The maximum atomic E-state index is 9.37. The van der Waals surface area contributed by atoms with Crippen molar-refractivity contribution in [3.8, 4) is 0 Å². The Labute approximate surface area is 79.5 Å². The van der Waals surface area contributed by atoms with Gasteiger partial charge in [-0.15, -0.1) is 11.6 Å². The summed E-state index contributed by atoms with van der Waals surface area (Å²) in [5.41, 5.74) is 0. The van der Waals surface area contributed by atoms with Crippen molar-refractivity contribution in [3.63, 3.8) is 0 Å². The molecule has 0 aromatic carbocycles. The number of β-amino-alcohol motifs (C(OH)–C–C–N with tert-alkyl or cyclic N) is 1. The standard InChI is InChI=1S/C9H18ClNO/c10-5-1-2-6-11-7-3-4-9(12)8-11/h9,12H,1-8H2/t9-/m0/s1. The van der Waals surface area contributed by atoms with Crippen LogP contribution >= 0.6 is 11.6 Å². The average molecular weight is 192 g/mol. The van der Waals surface area contributed by atoms with Crippen molar-refractivity contribution in [1.82, 2.24) is 4.90 Å². The average Bonchev–Trinajstić information content (AvgIpc) is 2.05. The van der Waals surface area contributed by atoms with Crippen LogP contribution in [0.5, 0.6) is 0 Å². The van der Waals surface area contributed by atoms with Gasteiger partial charge in [0.15, 0.2) is 0 Å². The number of hydrogen-bond donors (Lipinski definition) is 1. The van der Waals surface area contributed by atoms with Gasteiger partial charge < -0.3 is 10.0 Å². The lowest BCUT2D eigenvalue weighted by molar-refractivity contribution is 0.0701. The quantitative estimate of drug-likeness (QED) is 0.538. The van der Waals surface area contributed by atoms with E-state index < -0.39 is 0 Å². The zero-order chi connectivity index (χ0) is 8.81. The molecule has 0 aliphatic carbocycles. The van der Waals surface area contributed by atoms with Gasteiger partial charge in [0.25, 0.3) is 0 Å². The minimum absolute atomic E-state index is 0.0882. The molecule has 1 aliphatic rings. The summed E-state index contributed by atoms with van der Waals surface area (Å²) in [5, 5.41) is 9.37. The highest BCUT2D eigenvalue weighted by Crippen LogP contribution is 2.10. The van der Waals surface area contributed by atoms with Crippen LogP contribution in [0, 0.1) is 0 Å². The highest BCUT2D eigenvalue weighted by molar-refractivity contribution is 6.17. The molecule has 1 heterocycles. The summed E-state index contributed by atoms with van der Waals surface area (Å²) >= 11 is 5.58. The molecule has 0 bridgehead atoms. The zero-order valence-corrected chi connectivity index (χ0v) is 8.26. The van der Waals surface area contributed by atoms with Crippen molar-refractivity contribution in [3.05, 3.63) is 0 Å². The number of unbranched alkanes of at least 4 members (excludes halogenated alkanes) is 1. The number of rotatable bonds is 4. The van der Waals surface area contributed by atoms with Crippen molar-refractivity contribution >= 4 is 11.6 Å². The molecule has 0 aromatic rings. The minimum atomic E-state index is -0.0882. The maximum absolute atomic E-state index is 9.37. The van der Waals surface area contributed by atoms with Crippen molar-refractivity contribution in [2.24, 2.45) is 0 Å². The van der Waals surface area contributed by atoms with Gasteiger partial charge in [-0.05, 0) is 38.8 Å². The van der Waals surface area contributed by atoms with Gasteiger partial charge in [0.2, 0.25) is 0 Å². The van der Waals surface area contributed by atoms with Gasteiger partial charge in [-0.3, -0.25) is 0 Å². The van der Waals surface area contributed by atoms with Crippen molar-refractivity contribution in [1.29, 1.82) is 0 Å². The normalized spacial score (nSPS) is 26.0. The number of aliphatic hydroxyl groups is 1. The van der Waals surface area contributed by atoms with Gasteiger partial charge in [-0.1, -0.05) is 0 Å². The second-order valence-corrected chi connectivity index (χ2v) is 3.87. The van der Waals surface area contributed by atoms with Gasteiger partial charge in [0, 0.05) is 12.4 Å². The Morgan fingerprint density at radius 1 is 1.42 bits per heavy atom. The Bertz CT molecular complexity index is 121. The van der Waals surface area contributed by atoms with Crippen LogP contribution in [0.1, 0.15) is 25.7 Å². The number of piperidine rings is 1. The van der Waals surface area contributed by atoms with E-state index in [1.165, 1.54) is 0 Å². The fourth-order valence-electron chi connectivity index (χ4n) is 1.66. The molecule has 12 heavy (non-hydrogen) atoms. The molecule has 1 fully saturated rings. The first kappa shape index (κ1) is 10.3. The molecular weight excluding hydrogens is 174 g/mol. The van der Waals surface area contributed by atoms with E-state index in [1.54, 1.807) is 0 Å². The molecule has 72 valence electrons. The molecule has 0 amide bonds. The molecule has 2 nitrogen and oxygen atoms in total. The molecule has 0 radical (unpaired) electrons. The molecule has 0 spiro atoms. The molecule has 1 N–H and O–H groups in total. The summed E-state index contributed by atoms with van der Waals surface area (Å²) in [5.74, 6) is 0.760. The predicted octanol–water partition coefficient (Wildman–Crippen LogP) is 1.46. The van der Waals surface area contributed by atoms with Crippen molar-refractivity contribution in [2.45, 2.75) is 31.8 Å². The summed E-state index contributed by atoms with van der Waals surface area (Å²) in [7, 11) is 0. The van der Waals surface area contributed by atoms with Crippen LogP contribution in [0.15, 0.2) is 0 Å². The molecule has 1 aliphatic heterocycles. The molecular formula is C9H18ClNO. The summed E-state index contributed by atoms with van der Waals surface area (Å²) in [4.78, 5) is 2.33. The second-order valence-electron chi connectivity index (χ2n) is 3.49. The Hall–Kier alpha value is 0.210. The van der Waals surface area contributed by atoms with Crippen molar-refractivity contribution < 1.29 is 5.11 Å². The number of likely N-dealkylation sites (tertiary alicyclic amines) is 1. The van der Waals surface area contributed by atoms with E-state index in [4.69, 9.17) is 11.6 Å². The first-order valence-corrected chi connectivity index (χ1v) is 5.33. The zero-order valence-electron chi connectivity index (χ0n) is 7.51. The topological polar surface area (TPSA) is 23.5 Å².